The molecule has 0 aliphatic rings. The third-order valence-corrected chi connectivity index (χ3v) is 1.08. The average Bonchev–Trinajstić information content (AvgIpc) is 2.18. The number of Topliss-reactive ketones (excluding diaryl/α,β-unsaturated/α-hetero) is 1. The molecule has 1 aromatic heterocycles. The lowest BCUT2D eigenvalue weighted by atomic mass is 10.4. The zero-order chi connectivity index (χ0) is 10.8. The molecule has 0 N–H and O–H groups in total. The normalized spacial score (nSPS) is 8.50. The van der Waals surface area contributed by atoms with E-state index in [0.717, 1.165) is 0 Å². The minimum atomic E-state index is 0.00820. The Morgan fingerprint density at radius 1 is 1.50 bits per heavy atom. The zero-order valence-corrected chi connectivity index (χ0v) is 8.99. The highest BCUT2D eigenvalue weighted by Crippen LogP contribution is 2.05. The maximum Gasteiger partial charge on any atom is 0.167 e. The highest BCUT2D eigenvalue weighted by molar-refractivity contribution is 5.77. The summed E-state index contributed by atoms with van der Waals surface area (Å²) in [4.78, 5) is 14.3. The van der Waals surface area contributed by atoms with Crippen LogP contribution in [-0.4, -0.2) is 17.4 Å². The molecule has 1 aromatic rings. The van der Waals surface area contributed by atoms with Gasteiger partial charge in [-0.25, -0.2) is 0 Å². The molecule has 1 heterocycles. The van der Waals surface area contributed by atoms with Crippen molar-refractivity contribution in [1.29, 1.82) is 0 Å². The molecular weight excluding hydrogens is 178 g/mol. The maximum absolute atomic E-state index is 10.5. The lowest BCUT2D eigenvalue weighted by Crippen LogP contribution is -2.06. The first-order valence-corrected chi connectivity index (χ1v) is 4.73. The topological polar surface area (TPSA) is 39.2 Å². The summed E-state index contributed by atoms with van der Waals surface area (Å²) in [7, 11) is 0. The number of ether oxygens (including phenoxy) is 1. The van der Waals surface area contributed by atoms with Gasteiger partial charge in [-0.1, -0.05) is 20.3 Å². The average molecular weight is 195 g/mol. The van der Waals surface area contributed by atoms with Crippen molar-refractivity contribution in [3.05, 3.63) is 24.5 Å². The van der Waals surface area contributed by atoms with Gasteiger partial charge in [-0.3, -0.25) is 9.78 Å². The van der Waals surface area contributed by atoms with Crippen molar-refractivity contribution >= 4 is 5.78 Å². The summed E-state index contributed by atoms with van der Waals surface area (Å²) >= 11 is 0. The van der Waals surface area contributed by atoms with Crippen LogP contribution in [0.2, 0.25) is 0 Å². The Labute approximate surface area is 85.1 Å². The van der Waals surface area contributed by atoms with Gasteiger partial charge in [0.25, 0.3) is 0 Å². The van der Waals surface area contributed by atoms with Crippen LogP contribution in [-0.2, 0) is 4.79 Å². The first kappa shape index (κ1) is 12.6. The van der Waals surface area contributed by atoms with E-state index in [1.54, 1.807) is 24.5 Å². The molecule has 3 heteroatoms. The molecule has 0 spiro atoms. The molecule has 0 bridgehead atoms. The van der Waals surface area contributed by atoms with Gasteiger partial charge in [0.1, 0.15) is 12.4 Å². The third-order valence-electron chi connectivity index (χ3n) is 1.08. The Balaban J connectivity index is 0.000000500. The molecule has 0 aliphatic carbocycles. The van der Waals surface area contributed by atoms with Crippen LogP contribution in [0.3, 0.4) is 0 Å². The smallest absolute Gasteiger partial charge is 0.167 e. The lowest BCUT2D eigenvalue weighted by Gasteiger charge is -2.00. The fourth-order valence-electron chi connectivity index (χ4n) is 0.617. The number of carbonyl (C=O) groups is 1. The van der Waals surface area contributed by atoms with Gasteiger partial charge in [-0.05, 0) is 19.1 Å². The molecule has 1 rings (SSSR count). The van der Waals surface area contributed by atoms with E-state index in [9.17, 15) is 4.79 Å². The molecule has 0 radical (unpaired) electrons. The minimum absolute atomic E-state index is 0.00820. The second kappa shape index (κ2) is 8.23. The quantitative estimate of drug-likeness (QED) is 0.743. The predicted molar refractivity (Wildman–Crippen MR) is 56.4 cm³/mol. The fraction of sp³-hybridized carbons (Fsp3) is 0.455. The molecule has 0 unspecified atom stereocenters. The number of carbonyl (C=O) groups excluding carboxylic acids is 1. The maximum atomic E-state index is 10.5. The number of aromatic nitrogens is 1. The van der Waals surface area contributed by atoms with Crippen molar-refractivity contribution in [3.63, 3.8) is 0 Å². The molecule has 0 aromatic carbocycles. The number of hydrogen-bond donors (Lipinski definition) is 0. The summed E-state index contributed by atoms with van der Waals surface area (Å²) < 4.78 is 5.06. The Bertz CT molecular complexity index is 247. The van der Waals surface area contributed by atoms with Crippen LogP contribution in [0.25, 0.3) is 0 Å². The molecule has 0 saturated carbocycles. The molecule has 0 amide bonds. The van der Waals surface area contributed by atoms with Gasteiger partial charge >= 0.3 is 0 Å². The SMILES string of the molecule is CC(=O)COc1cccnc1.CCC. The van der Waals surface area contributed by atoms with Crippen LogP contribution in [0.4, 0.5) is 0 Å². The van der Waals surface area contributed by atoms with Crippen molar-refractivity contribution in [3.8, 4) is 5.75 Å². The van der Waals surface area contributed by atoms with Gasteiger partial charge in [0, 0.05) is 6.20 Å². The van der Waals surface area contributed by atoms with Crippen LogP contribution in [0.1, 0.15) is 27.2 Å². The van der Waals surface area contributed by atoms with Crippen molar-refractivity contribution in [2.24, 2.45) is 0 Å². The Morgan fingerprint density at radius 2 is 2.14 bits per heavy atom. The second-order valence-corrected chi connectivity index (χ2v) is 2.89. The van der Waals surface area contributed by atoms with Crippen LogP contribution >= 0.6 is 0 Å². The molecular formula is C11H17NO2. The van der Waals surface area contributed by atoms with Crippen LogP contribution in [0.5, 0.6) is 5.75 Å². The molecule has 0 fully saturated rings. The van der Waals surface area contributed by atoms with E-state index in [4.69, 9.17) is 4.74 Å². The van der Waals surface area contributed by atoms with Gasteiger partial charge in [-0.15, -0.1) is 0 Å². The van der Waals surface area contributed by atoms with Gasteiger partial charge < -0.3 is 4.74 Å². The molecule has 0 aliphatic heterocycles. The monoisotopic (exact) mass is 195 g/mol. The van der Waals surface area contributed by atoms with Gasteiger partial charge in [0.15, 0.2) is 5.78 Å². The highest BCUT2D eigenvalue weighted by Gasteiger charge is 1.94. The van der Waals surface area contributed by atoms with Crippen LogP contribution in [0, 0.1) is 0 Å². The van der Waals surface area contributed by atoms with Crippen molar-refractivity contribution in [2.45, 2.75) is 27.2 Å². The van der Waals surface area contributed by atoms with Crippen molar-refractivity contribution < 1.29 is 9.53 Å². The van der Waals surface area contributed by atoms with Gasteiger partial charge in [0.05, 0.1) is 6.20 Å². The molecule has 0 atom stereocenters. The Kier molecular flexibility index (Phi) is 7.42. The van der Waals surface area contributed by atoms with Gasteiger partial charge in [0.2, 0.25) is 0 Å². The Hall–Kier alpha value is -1.38. The summed E-state index contributed by atoms with van der Waals surface area (Å²) in [6, 6.07) is 3.52. The number of hydrogen-bond acceptors (Lipinski definition) is 3. The number of pyridine rings is 1. The standard InChI is InChI=1S/C8H9NO2.C3H8/c1-7(10)6-11-8-3-2-4-9-5-8;1-3-2/h2-5H,6H2,1H3;3H2,1-2H3. The van der Waals surface area contributed by atoms with E-state index in [-0.39, 0.29) is 12.4 Å². The van der Waals surface area contributed by atoms with Crippen molar-refractivity contribution in [2.75, 3.05) is 6.61 Å². The van der Waals surface area contributed by atoms with Crippen LogP contribution < -0.4 is 4.74 Å². The van der Waals surface area contributed by atoms with E-state index in [1.807, 2.05) is 0 Å². The van der Waals surface area contributed by atoms with Crippen LogP contribution in [0.15, 0.2) is 24.5 Å². The summed E-state index contributed by atoms with van der Waals surface area (Å²) in [5.41, 5.74) is 0. The number of rotatable bonds is 3. The third kappa shape index (κ3) is 7.28. The largest absolute Gasteiger partial charge is 0.484 e. The summed E-state index contributed by atoms with van der Waals surface area (Å²) in [6.07, 6.45) is 4.48. The van der Waals surface area contributed by atoms with E-state index in [1.165, 1.54) is 13.3 Å². The van der Waals surface area contributed by atoms with E-state index in [0.29, 0.717) is 5.75 Å². The first-order chi connectivity index (χ1) is 6.70. The molecule has 0 saturated heterocycles. The molecule has 3 nitrogen and oxygen atoms in total. The summed E-state index contributed by atoms with van der Waals surface area (Å²) in [6.45, 7) is 5.85. The van der Waals surface area contributed by atoms with Gasteiger partial charge in [-0.2, -0.15) is 0 Å². The Morgan fingerprint density at radius 3 is 2.57 bits per heavy atom. The summed E-state index contributed by atoms with van der Waals surface area (Å²) in [5, 5.41) is 0. The first-order valence-electron chi connectivity index (χ1n) is 4.73. The fourth-order valence-corrected chi connectivity index (χ4v) is 0.617. The van der Waals surface area contributed by atoms with E-state index < -0.39 is 0 Å². The number of nitrogens with zero attached hydrogens (tertiary/aromatic N) is 1. The highest BCUT2D eigenvalue weighted by atomic mass is 16.5. The number of ketones is 1. The van der Waals surface area contributed by atoms with Crippen molar-refractivity contribution in [1.82, 2.24) is 4.98 Å². The second-order valence-electron chi connectivity index (χ2n) is 2.89. The molecule has 78 valence electrons. The molecule has 14 heavy (non-hydrogen) atoms. The summed E-state index contributed by atoms with van der Waals surface area (Å²) in [5.74, 6) is 0.636. The van der Waals surface area contributed by atoms with E-state index in [2.05, 4.69) is 18.8 Å². The predicted octanol–water partition coefficient (Wildman–Crippen LogP) is 2.47. The zero-order valence-electron chi connectivity index (χ0n) is 8.99. The minimum Gasteiger partial charge on any atom is -0.484 e. The van der Waals surface area contributed by atoms with E-state index >= 15 is 0 Å². The lowest BCUT2D eigenvalue weighted by molar-refractivity contribution is -0.118.